The number of ether oxygens (including phenoxy) is 1. The largest absolute Gasteiger partial charge is 0.380 e. The van der Waals surface area contributed by atoms with Gasteiger partial charge >= 0.3 is 0 Å². The molecule has 0 radical (unpaired) electrons. The Morgan fingerprint density at radius 3 is 3.17 bits per heavy atom. The number of hydrogen-bond acceptors (Lipinski definition) is 4. The van der Waals surface area contributed by atoms with Crippen molar-refractivity contribution in [2.75, 3.05) is 30.4 Å². The van der Waals surface area contributed by atoms with Crippen LogP contribution in [0.25, 0.3) is 0 Å². The molecule has 2 aliphatic heterocycles. The lowest BCUT2D eigenvalue weighted by Gasteiger charge is -2.27. The molecular weight excluding hydrogens is 228 g/mol. The molecule has 5 nitrogen and oxygen atoms in total. The normalized spacial score (nSPS) is 30.1. The number of nitrogens with one attached hydrogen (secondary N) is 2. The fourth-order valence-corrected chi connectivity index (χ4v) is 2.90. The SMILES string of the molecule is CCCc1nn(C)c2c1NCC1(C)COCC1N2. The Hall–Kier alpha value is -1.23. The minimum absolute atomic E-state index is 0.169. The summed E-state index contributed by atoms with van der Waals surface area (Å²) in [5.74, 6) is 1.11. The van der Waals surface area contributed by atoms with E-state index in [0.717, 1.165) is 38.4 Å². The summed E-state index contributed by atoms with van der Waals surface area (Å²) < 4.78 is 7.58. The lowest BCUT2D eigenvalue weighted by molar-refractivity contribution is 0.164. The van der Waals surface area contributed by atoms with Crippen molar-refractivity contribution in [3.63, 3.8) is 0 Å². The number of rotatable bonds is 2. The van der Waals surface area contributed by atoms with Crippen molar-refractivity contribution in [1.82, 2.24) is 9.78 Å². The number of aromatic nitrogens is 2. The zero-order chi connectivity index (χ0) is 12.8. The Morgan fingerprint density at radius 2 is 2.39 bits per heavy atom. The molecule has 2 N–H and O–H groups in total. The number of nitrogens with zero attached hydrogens (tertiary/aromatic N) is 2. The van der Waals surface area contributed by atoms with E-state index in [1.165, 1.54) is 11.4 Å². The first kappa shape index (κ1) is 11.8. The van der Waals surface area contributed by atoms with Crippen LogP contribution in [0.1, 0.15) is 26.0 Å². The quantitative estimate of drug-likeness (QED) is 0.837. The van der Waals surface area contributed by atoms with Crippen molar-refractivity contribution in [2.24, 2.45) is 12.5 Å². The molecule has 1 fully saturated rings. The molecule has 2 unspecified atom stereocenters. The van der Waals surface area contributed by atoms with Crippen LogP contribution < -0.4 is 10.6 Å². The molecule has 2 atom stereocenters. The van der Waals surface area contributed by atoms with Gasteiger partial charge in [0.2, 0.25) is 0 Å². The first-order valence-electron chi connectivity index (χ1n) is 6.78. The van der Waals surface area contributed by atoms with Crippen LogP contribution in [0.4, 0.5) is 11.5 Å². The summed E-state index contributed by atoms with van der Waals surface area (Å²) in [7, 11) is 2.01. The topological polar surface area (TPSA) is 51.1 Å². The van der Waals surface area contributed by atoms with Crippen LogP contribution in [0.3, 0.4) is 0 Å². The molecule has 0 aromatic carbocycles. The highest BCUT2D eigenvalue weighted by molar-refractivity contribution is 5.70. The second-order valence-corrected chi connectivity index (χ2v) is 5.76. The summed E-state index contributed by atoms with van der Waals surface area (Å²) in [5.41, 5.74) is 2.53. The molecule has 3 heterocycles. The number of hydrogen-bond donors (Lipinski definition) is 2. The smallest absolute Gasteiger partial charge is 0.148 e. The van der Waals surface area contributed by atoms with Gasteiger partial charge in [0.15, 0.2) is 0 Å². The molecule has 0 saturated carbocycles. The molecule has 18 heavy (non-hydrogen) atoms. The number of anilines is 2. The van der Waals surface area contributed by atoms with Gasteiger partial charge in [-0.05, 0) is 6.42 Å². The zero-order valence-electron chi connectivity index (χ0n) is 11.4. The molecule has 0 bridgehead atoms. The van der Waals surface area contributed by atoms with Crippen LogP contribution in [0.5, 0.6) is 0 Å². The predicted molar refractivity (Wildman–Crippen MR) is 72.0 cm³/mol. The highest BCUT2D eigenvalue weighted by Crippen LogP contribution is 2.38. The second-order valence-electron chi connectivity index (χ2n) is 5.76. The molecule has 2 aliphatic rings. The van der Waals surface area contributed by atoms with Gasteiger partial charge in [0.25, 0.3) is 0 Å². The van der Waals surface area contributed by atoms with Crippen LogP contribution in [0.15, 0.2) is 0 Å². The van der Waals surface area contributed by atoms with E-state index in [1.54, 1.807) is 0 Å². The first-order chi connectivity index (χ1) is 8.64. The van der Waals surface area contributed by atoms with Gasteiger partial charge in [0.1, 0.15) is 11.5 Å². The summed E-state index contributed by atoms with van der Waals surface area (Å²) in [6.45, 7) is 7.02. The molecule has 0 spiro atoms. The van der Waals surface area contributed by atoms with Gasteiger partial charge in [-0.2, -0.15) is 5.10 Å². The van der Waals surface area contributed by atoms with Crippen LogP contribution in [-0.2, 0) is 18.2 Å². The summed E-state index contributed by atoms with van der Waals surface area (Å²) >= 11 is 0. The summed E-state index contributed by atoms with van der Waals surface area (Å²) in [6, 6.07) is 0.371. The van der Waals surface area contributed by atoms with Crippen molar-refractivity contribution in [1.29, 1.82) is 0 Å². The highest BCUT2D eigenvalue weighted by Gasteiger charge is 2.43. The van der Waals surface area contributed by atoms with Crippen molar-refractivity contribution in [2.45, 2.75) is 32.7 Å². The van der Waals surface area contributed by atoms with Crippen LogP contribution >= 0.6 is 0 Å². The minimum Gasteiger partial charge on any atom is -0.380 e. The average molecular weight is 250 g/mol. The third-order valence-electron chi connectivity index (χ3n) is 4.14. The highest BCUT2D eigenvalue weighted by atomic mass is 16.5. The fourth-order valence-electron chi connectivity index (χ4n) is 2.90. The molecular formula is C13H22N4O. The third-order valence-corrected chi connectivity index (χ3v) is 4.14. The minimum atomic E-state index is 0.169. The van der Waals surface area contributed by atoms with E-state index < -0.39 is 0 Å². The van der Waals surface area contributed by atoms with E-state index in [2.05, 4.69) is 29.6 Å². The lowest BCUT2D eigenvalue weighted by Crippen LogP contribution is -2.40. The van der Waals surface area contributed by atoms with Gasteiger partial charge in [-0.15, -0.1) is 0 Å². The summed E-state index contributed by atoms with van der Waals surface area (Å²) in [5, 5.41) is 11.8. The van der Waals surface area contributed by atoms with Gasteiger partial charge < -0.3 is 15.4 Å². The van der Waals surface area contributed by atoms with Crippen molar-refractivity contribution < 1.29 is 4.74 Å². The van der Waals surface area contributed by atoms with Crippen LogP contribution in [-0.4, -0.2) is 35.6 Å². The van der Waals surface area contributed by atoms with Crippen molar-refractivity contribution in [3.05, 3.63) is 5.69 Å². The van der Waals surface area contributed by atoms with E-state index in [0.29, 0.717) is 6.04 Å². The maximum absolute atomic E-state index is 5.63. The number of fused-ring (bicyclic) bond motifs is 2. The predicted octanol–water partition coefficient (Wildman–Crippen LogP) is 1.62. The number of aryl methyl sites for hydroxylation is 2. The molecule has 1 aromatic heterocycles. The van der Waals surface area contributed by atoms with Gasteiger partial charge in [-0.1, -0.05) is 20.3 Å². The third kappa shape index (κ3) is 1.68. The van der Waals surface area contributed by atoms with E-state index in [4.69, 9.17) is 4.74 Å². The molecule has 5 heteroatoms. The van der Waals surface area contributed by atoms with Crippen LogP contribution in [0.2, 0.25) is 0 Å². The first-order valence-corrected chi connectivity index (χ1v) is 6.78. The monoisotopic (exact) mass is 250 g/mol. The molecule has 1 aromatic rings. The molecule has 0 aliphatic carbocycles. The lowest BCUT2D eigenvalue weighted by atomic mass is 9.85. The standard InChI is InChI=1S/C13H22N4O/c1-4-5-9-11-12(17(3)16-9)15-10-6-18-8-13(10,2)7-14-11/h10,14-15H,4-8H2,1-3H3. The van der Waals surface area contributed by atoms with Gasteiger partial charge in [0, 0.05) is 19.0 Å². The maximum Gasteiger partial charge on any atom is 0.148 e. The zero-order valence-corrected chi connectivity index (χ0v) is 11.4. The Balaban J connectivity index is 1.96. The van der Waals surface area contributed by atoms with Crippen molar-refractivity contribution >= 4 is 11.5 Å². The summed E-state index contributed by atoms with van der Waals surface area (Å²) in [4.78, 5) is 0. The molecule has 0 amide bonds. The Labute approximate surface area is 108 Å². The molecule has 100 valence electrons. The Morgan fingerprint density at radius 1 is 1.56 bits per heavy atom. The van der Waals surface area contributed by atoms with Crippen molar-refractivity contribution in [3.8, 4) is 0 Å². The Kier molecular flexibility index (Phi) is 2.73. The van der Waals surface area contributed by atoms with E-state index >= 15 is 0 Å². The fraction of sp³-hybridized carbons (Fsp3) is 0.769. The van der Waals surface area contributed by atoms with E-state index in [1.807, 2.05) is 11.7 Å². The molecule has 1 saturated heterocycles. The summed E-state index contributed by atoms with van der Waals surface area (Å²) in [6.07, 6.45) is 2.14. The maximum atomic E-state index is 5.63. The van der Waals surface area contributed by atoms with Crippen LogP contribution in [0, 0.1) is 5.41 Å². The Bertz CT molecular complexity index is 456. The van der Waals surface area contributed by atoms with Gasteiger partial charge in [0.05, 0.1) is 24.9 Å². The average Bonchev–Trinajstić information content (AvgIpc) is 2.78. The van der Waals surface area contributed by atoms with E-state index in [9.17, 15) is 0 Å². The van der Waals surface area contributed by atoms with Gasteiger partial charge in [-0.25, -0.2) is 0 Å². The van der Waals surface area contributed by atoms with E-state index in [-0.39, 0.29) is 5.41 Å². The second kappa shape index (κ2) is 4.16. The molecule has 3 rings (SSSR count). The van der Waals surface area contributed by atoms with Gasteiger partial charge in [-0.3, -0.25) is 4.68 Å².